The molecule has 4 nitrogen and oxygen atoms in total. The molecule has 0 bridgehead atoms. The van der Waals surface area contributed by atoms with Crippen molar-refractivity contribution in [3.8, 4) is 0 Å². The lowest BCUT2D eigenvalue weighted by Gasteiger charge is -2.34. The first-order valence-corrected chi connectivity index (χ1v) is 7.00. The second-order valence-corrected chi connectivity index (χ2v) is 6.33. The summed E-state index contributed by atoms with van der Waals surface area (Å²) in [5.74, 6) is 0. The first kappa shape index (κ1) is 12.1. The van der Waals surface area contributed by atoms with Crippen molar-refractivity contribution >= 4 is 16.3 Å². The van der Waals surface area contributed by atoms with Gasteiger partial charge in [-0.2, -0.15) is 0 Å². The van der Waals surface area contributed by atoms with Gasteiger partial charge in [0.1, 0.15) is 6.10 Å². The van der Waals surface area contributed by atoms with Gasteiger partial charge in [-0.05, 0) is 27.7 Å². The quantitative estimate of drug-likeness (QED) is 0.857. The number of imidazole rings is 1. The van der Waals surface area contributed by atoms with E-state index in [2.05, 4.69) is 36.4 Å². The van der Waals surface area contributed by atoms with Crippen molar-refractivity contribution in [1.29, 1.82) is 0 Å². The molecule has 0 spiro atoms. The molecule has 2 aromatic rings. The van der Waals surface area contributed by atoms with Gasteiger partial charge in [0.05, 0.1) is 29.4 Å². The lowest BCUT2D eigenvalue weighted by atomic mass is 10.1. The molecule has 3 rings (SSSR count). The van der Waals surface area contributed by atoms with Gasteiger partial charge in [0, 0.05) is 11.9 Å². The van der Waals surface area contributed by atoms with Crippen LogP contribution in [0.4, 0.5) is 0 Å². The van der Waals surface area contributed by atoms with Crippen LogP contribution >= 0.6 is 11.3 Å². The fraction of sp³-hybridized carbons (Fsp3) is 0.615. The Morgan fingerprint density at radius 2 is 2.17 bits per heavy atom. The zero-order chi connectivity index (χ0) is 12.9. The molecule has 3 heterocycles. The number of thiazole rings is 1. The van der Waals surface area contributed by atoms with Crippen molar-refractivity contribution < 1.29 is 9.47 Å². The maximum Gasteiger partial charge on any atom is 0.194 e. The van der Waals surface area contributed by atoms with Crippen molar-refractivity contribution in [2.45, 2.75) is 39.4 Å². The highest BCUT2D eigenvalue weighted by Crippen LogP contribution is 2.34. The lowest BCUT2D eigenvalue weighted by Crippen LogP contribution is -2.41. The molecule has 0 aliphatic carbocycles. The highest BCUT2D eigenvalue weighted by atomic mass is 32.1. The Morgan fingerprint density at radius 1 is 1.44 bits per heavy atom. The standard InChI is InChI=1S/C13H18N2O2S/c1-8-9(2)15-5-11(18-12(15)14-8)13(3,4)17-10-6-16-7-10/h5,10H,6-7H2,1-4H3. The van der Waals surface area contributed by atoms with Gasteiger partial charge in [-0.15, -0.1) is 0 Å². The average Bonchev–Trinajstić information content (AvgIpc) is 2.76. The molecule has 0 saturated carbocycles. The van der Waals surface area contributed by atoms with E-state index < -0.39 is 0 Å². The van der Waals surface area contributed by atoms with Crippen LogP contribution in [0, 0.1) is 13.8 Å². The Balaban J connectivity index is 1.92. The molecule has 1 saturated heterocycles. The molecule has 5 heteroatoms. The van der Waals surface area contributed by atoms with E-state index in [1.54, 1.807) is 11.3 Å². The molecule has 0 radical (unpaired) electrons. The van der Waals surface area contributed by atoms with E-state index in [4.69, 9.17) is 9.47 Å². The molecule has 1 aliphatic heterocycles. The van der Waals surface area contributed by atoms with Gasteiger partial charge in [-0.25, -0.2) is 4.98 Å². The fourth-order valence-corrected chi connectivity index (χ4v) is 3.22. The van der Waals surface area contributed by atoms with Crippen molar-refractivity contribution in [2.24, 2.45) is 0 Å². The van der Waals surface area contributed by atoms with Crippen LogP contribution in [0.1, 0.15) is 30.1 Å². The first-order valence-electron chi connectivity index (χ1n) is 6.18. The number of aryl methyl sites for hydroxylation is 2. The lowest BCUT2D eigenvalue weighted by molar-refractivity contribution is -0.184. The number of hydrogen-bond acceptors (Lipinski definition) is 4. The number of hydrogen-bond donors (Lipinski definition) is 0. The van der Waals surface area contributed by atoms with E-state index >= 15 is 0 Å². The summed E-state index contributed by atoms with van der Waals surface area (Å²) in [4.78, 5) is 6.81. The smallest absolute Gasteiger partial charge is 0.194 e. The van der Waals surface area contributed by atoms with E-state index in [0.717, 1.165) is 10.7 Å². The molecule has 0 unspecified atom stereocenters. The van der Waals surface area contributed by atoms with Crippen LogP contribution in [0.5, 0.6) is 0 Å². The predicted molar refractivity (Wildman–Crippen MR) is 71.3 cm³/mol. The number of aromatic nitrogens is 2. The van der Waals surface area contributed by atoms with Crippen molar-refractivity contribution in [3.63, 3.8) is 0 Å². The molecule has 0 aromatic carbocycles. The molecular weight excluding hydrogens is 248 g/mol. The van der Waals surface area contributed by atoms with Crippen molar-refractivity contribution in [1.82, 2.24) is 9.38 Å². The van der Waals surface area contributed by atoms with Crippen molar-refractivity contribution in [3.05, 3.63) is 22.5 Å². The van der Waals surface area contributed by atoms with Crippen LogP contribution in [-0.2, 0) is 15.1 Å². The van der Waals surface area contributed by atoms with Crippen LogP contribution in [-0.4, -0.2) is 28.7 Å². The molecule has 1 fully saturated rings. The highest BCUT2D eigenvalue weighted by Gasteiger charge is 2.31. The highest BCUT2D eigenvalue weighted by molar-refractivity contribution is 7.17. The second-order valence-electron chi connectivity index (χ2n) is 5.32. The summed E-state index contributed by atoms with van der Waals surface area (Å²) < 4.78 is 13.4. The number of ether oxygens (including phenoxy) is 2. The summed E-state index contributed by atoms with van der Waals surface area (Å²) in [6.45, 7) is 9.78. The summed E-state index contributed by atoms with van der Waals surface area (Å²) >= 11 is 1.70. The maximum atomic E-state index is 6.07. The monoisotopic (exact) mass is 266 g/mol. The molecule has 98 valence electrons. The minimum atomic E-state index is -0.278. The van der Waals surface area contributed by atoms with Crippen molar-refractivity contribution in [2.75, 3.05) is 13.2 Å². The zero-order valence-corrected chi connectivity index (χ0v) is 12.0. The van der Waals surface area contributed by atoms with Crippen LogP contribution in [0.25, 0.3) is 4.96 Å². The fourth-order valence-electron chi connectivity index (χ4n) is 2.10. The van der Waals surface area contributed by atoms with Crippen LogP contribution in [0.15, 0.2) is 6.20 Å². The predicted octanol–water partition coefficient (Wildman–Crippen LogP) is 2.66. The average molecular weight is 266 g/mol. The summed E-state index contributed by atoms with van der Waals surface area (Å²) in [7, 11) is 0. The van der Waals surface area contributed by atoms with E-state index in [1.165, 1.54) is 10.6 Å². The normalized spacial score (nSPS) is 17.3. The maximum absolute atomic E-state index is 6.07. The van der Waals surface area contributed by atoms with Gasteiger partial charge in [0.25, 0.3) is 0 Å². The Kier molecular flexibility index (Phi) is 2.73. The minimum absolute atomic E-state index is 0.234. The molecule has 0 amide bonds. The number of nitrogens with zero attached hydrogens (tertiary/aromatic N) is 2. The van der Waals surface area contributed by atoms with E-state index in [0.29, 0.717) is 13.2 Å². The van der Waals surface area contributed by atoms with Crippen LogP contribution < -0.4 is 0 Å². The second kappa shape index (κ2) is 4.05. The van der Waals surface area contributed by atoms with E-state index in [9.17, 15) is 0 Å². The topological polar surface area (TPSA) is 35.8 Å². The Bertz CT molecular complexity index is 581. The Labute approximate surface area is 111 Å². The number of fused-ring (bicyclic) bond motifs is 1. The molecule has 18 heavy (non-hydrogen) atoms. The molecule has 0 atom stereocenters. The summed E-state index contributed by atoms with van der Waals surface area (Å²) in [5.41, 5.74) is 2.02. The molecule has 2 aromatic heterocycles. The summed E-state index contributed by atoms with van der Waals surface area (Å²) in [6.07, 6.45) is 2.38. The van der Waals surface area contributed by atoms with Gasteiger partial charge in [0.2, 0.25) is 0 Å². The first-order chi connectivity index (χ1) is 8.47. The number of rotatable bonds is 3. The zero-order valence-electron chi connectivity index (χ0n) is 11.2. The van der Waals surface area contributed by atoms with Gasteiger partial charge in [-0.3, -0.25) is 4.40 Å². The third-order valence-electron chi connectivity index (χ3n) is 3.46. The molecular formula is C13H18N2O2S. The van der Waals surface area contributed by atoms with Crippen LogP contribution in [0.2, 0.25) is 0 Å². The third-order valence-corrected chi connectivity index (χ3v) is 4.75. The largest absolute Gasteiger partial charge is 0.376 e. The molecule has 1 aliphatic rings. The summed E-state index contributed by atoms with van der Waals surface area (Å²) in [6, 6.07) is 0. The van der Waals surface area contributed by atoms with Gasteiger partial charge < -0.3 is 9.47 Å². The third kappa shape index (κ3) is 1.86. The van der Waals surface area contributed by atoms with E-state index in [-0.39, 0.29) is 11.7 Å². The Hall–Kier alpha value is -0.910. The molecule has 0 N–H and O–H groups in total. The van der Waals surface area contributed by atoms with Gasteiger partial charge in [0.15, 0.2) is 4.96 Å². The Morgan fingerprint density at radius 3 is 2.72 bits per heavy atom. The van der Waals surface area contributed by atoms with Gasteiger partial charge in [-0.1, -0.05) is 11.3 Å². The minimum Gasteiger partial charge on any atom is -0.376 e. The SMILES string of the molecule is Cc1nc2sc(C(C)(C)OC3COC3)cn2c1C. The van der Waals surface area contributed by atoms with Crippen LogP contribution in [0.3, 0.4) is 0 Å². The van der Waals surface area contributed by atoms with Gasteiger partial charge >= 0.3 is 0 Å². The summed E-state index contributed by atoms with van der Waals surface area (Å²) in [5, 5.41) is 0. The van der Waals surface area contributed by atoms with E-state index in [1.807, 2.05) is 6.92 Å².